The van der Waals surface area contributed by atoms with Gasteiger partial charge in [0.2, 0.25) is 5.91 Å². The quantitative estimate of drug-likeness (QED) is 0.780. The number of hydrogen-bond acceptors (Lipinski definition) is 4. The third-order valence-electron chi connectivity index (χ3n) is 4.28. The van der Waals surface area contributed by atoms with E-state index in [9.17, 15) is 4.79 Å². The average Bonchev–Trinajstić information content (AvgIpc) is 2.47. The lowest BCUT2D eigenvalue weighted by Gasteiger charge is -2.34. The van der Waals surface area contributed by atoms with Gasteiger partial charge in [0, 0.05) is 58.9 Å². The van der Waals surface area contributed by atoms with Crippen molar-refractivity contribution in [2.75, 3.05) is 52.5 Å². The van der Waals surface area contributed by atoms with E-state index in [2.05, 4.69) is 4.90 Å². The Morgan fingerprint density at radius 1 is 1.16 bits per heavy atom. The predicted octanol–water partition coefficient (Wildman–Crippen LogP) is 0.296. The Kier molecular flexibility index (Phi) is 6.07. The maximum Gasteiger partial charge on any atom is 0.222 e. The summed E-state index contributed by atoms with van der Waals surface area (Å²) in [5, 5.41) is 0. The lowest BCUT2D eigenvalue weighted by atomic mass is 9.94. The first-order valence-corrected chi connectivity index (χ1v) is 7.57. The molecule has 2 aliphatic rings. The first-order valence-electron chi connectivity index (χ1n) is 7.57. The van der Waals surface area contributed by atoms with Crippen LogP contribution in [0.3, 0.4) is 0 Å². The standard InChI is InChI=1S/C14H27N3O2/c15-5-6-16-7-9-17(10-8-16)14(18)2-1-13-3-11-19-12-4-13/h13H,1-12,15H2. The van der Waals surface area contributed by atoms with Crippen LogP contribution < -0.4 is 5.73 Å². The smallest absolute Gasteiger partial charge is 0.222 e. The zero-order chi connectivity index (χ0) is 13.5. The molecule has 1 amide bonds. The molecule has 0 spiro atoms. The van der Waals surface area contributed by atoms with Gasteiger partial charge in [-0.3, -0.25) is 9.69 Å². The van der Waals surface area contributed by atoms with Gasteiger partial charge in [-0.2, -0.15) is 0 Å². The van der Waals surface area contributed by atoms with Gasteiger partial charge >= 0.3 is 0 Å². The van der Waals surface area contributed by atoms with E-state index in [1.807, 2.05) is 4.90 Å². The van der Waals surface area contributed by atoms with E-state index in [0.29, 0.717) is 24.8 Å². The second-order valence-corrected chi connectivity index (χ2v) is 5.61. The zero-order valence-corrected chi connectivity index (χ0v) is 11.9. The Bertz CT molecular complexity index is 272. The summed E-state index contributed by atoms with van der Waals surface area (Å²) in [6.07, 6.45) is 3.99. The third kappa shape index (κ3) is 4.75. The first kappa shape index (κ1) is 14.8. The summed E-state index contributed by atoms with van der Waals surface area (Å²) >= 11 is 0. The van der Waals surface area contributed by atoms with Crippen molar-refractivity contribution in [2.45, 2.75) is 25.7 Å². The summed E-state index contributed by atoms with van der Waals surface area (Å²) in [6.45, 7) is 7.08. The summed E-state index contributed by atoms with van der Waals surface area (Å²) in [5.41, 5.74) is 5.55. The van der Waals surface area contributed by atoms with Gasteiger partial charge in [0.25, 0.3) is 0 Å². The molecule has 5 heteroatoms. The molecular weight excluding hydrogens is 242 g/mol. The van der Waals surface area contributed by atoms with Crippen LogP contribution in [0.2, 0.25) is 0 Å². The Labute approximate surface area is 116 Å². The molecule has 0 aromatic heterocycles. The minimum atomic E-state index is 0.332. The van der Waals surface area contributed by atoms with Crippen molar-refractivity contribution in [3.05, 3.63) is 0 Å². The molecule has 110 valence electrons. The van der Waals surface area contributed by atoms with Crippen molar-refractivity contribution < 1.29 is 9.53 Å². The molecule has 0 aliphatic carbocycles. The largest absolute Gasteiger partial charge is 0.381 e. The van der Waals surface area contributed by atoms with Crippen LogP contribution in [-0.2, 0) is 9.53 Å². The van der Waals surface area contributed by atoms with E-state index in [-0.39, 0.29) is 0 Å². The van der Waals surface area contributed by atoms with Gasteiger partial charge in [0.15, 0.2) is 0 Å². The summed E-state index contributed by atoms with van der Waals surface area (Å²) in [6, 6.07) is 0. The Morgan fingerprint density at radius 3 is 2.47 bits per heavy atom. The number of nitrogens with zero attached hydrogens (tertiary/aromatic N) is 2. The topological polar surface area (TPSA) is 58.8 Å². The lowest BCUT2D eigenvalue weighted by molar-refractivity contribution is -0.133. The number of ether oxygens (including phenoxy) is 1. The van der Waals surface area contributed by atoms with Crippen LogP contribution in [0.25, 0.3) is 0 Å². The second-order valence-electron chi connectivity index (χ2n) is 5.61. The summed E-state index contributed by atoms with van der Waals surface area (Å²) in [4.78, 5) is 16.5. The van der Waals surface area contributed by atoms with Crippen LogP contribution in [0.1, 0.15) is 25.7 Å². The van der Waals surface area contributed by atoms with E-state index < -0.39 is 0 Å². The summed E-state index contributed by atoms with van der Waals surface area (Å²) in [7, 11) is 0. The first-order chi connectivity index (χ1) is 9.29. The van der Waals surface area contributed by atoms with E-state index >= 15 is 0 Å². The molecule has 2 fully saturated rings. The molecule has 19 heavy (non-hydrogen) atoms. The molecule has 0 aromatic rings. The molecule has 0 saturated carbocycles. The van der Waals surface area contributed by atoms with Crippen molar-refractivity contribution in [3.63, 3.8) is 0 Å². The predicted molar refractivity (Wildman–Crippen MR) is 74.9 cm³/mol. The highest BCUT2D eigenvalue weighted by atomic mass is 16.5. The number of carbonyl (C=O) groups excluding carboxylic acids is 1. The fourth-order valence-corrected chi connectivity index (χ4v) is 2.92. The number of nitrogens with two attached hydrogens (primary N) is 1. The molecule has 0 unspecified atom stereocenters. The number of rotatable bonds is 5. The van der Waals surface area contributed by atoms with Crippen LogP contribution >= 0.6 is 0 Å². The van der Waals surface area contributed by atoms with Gasteiger partial charge in [-0.15, -0.1) is 0 Å². The molecule has 0 radical (unpaired) electrons. The Morgan fingerprint density at radius 2 is 1.84 bits per heavy atom. The maximum atomic E-state index is 12.2. The molecule has 0 bridgehead atoms. The molecular formula is C14H27N3O2. The molecule has 2 N–H and O–H groups in total. The Balaban J connectivity index is 1.63. The van der Waals surface area contributed by atoms with Crippen molar-refractivity contribution >= 4 is 5.91 Å². The number of hydrogen-bond donors (Lipinski definition) is 1. The summed E-state index contributed by atoms with van der Waals surface area (Å²) < 4.78 is 5.35. The van der Waals surface area contributed by atoms with Crippen molar-refractivity contribution in [3.8, 4) is 0 Å². The van der Waals surface area contributed by atoms with Crippen molar-refractivity contribution in [1.82, 2.24) is 9.80 Å². The van der Waals surface area contributed by atoms with Crippen LogP contribution in [0, 0.1) is 5.92 Å². The molecule has 0 atom stereocenters. The Hall–Kier alpha value is -0.650. The minimum absolute atomic E-state index is 0.332. The maximum absolute atomic E-state index is 12.2. The molecule has 2 rings (SSSR count). The third-order valence-corrected chi connectivity index (χ3v) is 4.28. The second kappa shape index (κ2) is 7.82. The highest BCUT2D eigenvalue weighted by molar-refractivity contribution is 5.76. The van der Waals surface area contributed by atoms with Gasteiger partial charge in [0.1, 0.15) is 0 Å². The van der Waals surface area contributed by atoms with Crippen LogP contribution in [0.15, 0.2) is 0 Å². The normalized spacial score (nSPS) is 22.7. The van der Waals surface area contributed by atoms with Gasteiger partial charge < -0.3 is 15.4 Å². The van der Waals surface area contributed by atoms with E-state index in [1.165, 1.54) is 0 Å². The monoisotopic (exact) mass is 269 g/mol. The number of amides is 1. The van der Waals surface area contributed by atoms with Crippen molar-refractivity contribution in [2.24, 2.45) is 11.7 Å². The molecule has 2 aliphatic heterocycles. The summed E-state index contributed by atoms with van der Waals surface area (Å²) in [5.74, 6) is 1.02. The number of piperazine rings is 1. The fraction of sp³-hybridized carbons (Fsp3) is 0.929. The lowest BCUT2D eigenvalue weighted by Crippen LogP contribution is -2.49. The minimum Gasteiger partial charge on any atom is -0.381 e. The van der Waals surface area contributed by atoms with E-state index in [1.54, 1.807) is 0 Å². The number of carbonyl (C=O) groups is 1. The fourth-order valence-electron chi connectivity index (χ4n) is 2.92. The highest BCUT2D eigenvalue weighted by Gasteiger charge is 2.22. The molecule has 2 heterocycles. The van der Waals surface area contributed by atoms with Gasteiger partial charge in [-0.1, -0.05) is 0 Å². The van der Waals surface area contributed by atoms with Gasteiger partial charge in [-0.25, -0.2) is 0 Å². The van der Waals surface area contributed by atoms with E-state index in [4.69, 9.17) is 10.5 Å². The van der Waals surface area contributed by atoms with Gasteiger partial charge in [0.05, 0.1) is 0 Å². The van der Waals surface area contributed by atoms with Gasteiger partial charge in [-0.05, 0) is 25.2 Å². The zero-order valence-electron chi connectivity index (χ0n) is 11.9. The van der Waals surface area contributed by atoms with Crippen LogP contribution in [0.4, 0.5) is 0 Å². The average molecular weight is 269 g/mol. The molecule has 0 aromatic carbocycles. The van der Waals surface area contributed by atoms with Crippen molar-refractivity contribution in [1.29, 1.82) is 0 Å². The molecule has 5 nitrogen and oxygen atoms in total. The highest BCUT2D eigenvalue weighted by Crippen LogP contribution is 2.20. The SMILES string of the molecule is NCCN1CCN(C(=O)CCC2CCOCC2)CC1. The van der Waals surface area contributed by atoms with Crippen LogP contribution in [0.5, 0.6) is 0 Å². The molecule has 2 saturated heterocycles. The van der Waals surface area contributed by atoms with E-state index in [0.717, 1.165) is 65.2 Å². The van der Waals surface area contributed by atoms with Crippen LogP contribution in [-0.4, -0.2) is 68.2 Å².